The van der Waals surface area contributed by atoms with Crippen LogP contribution in [-0.4, -0.2) is 139 Å². The quantitative estimate of drug-likeness (QED) is 0.0392. The fourth-order valence-electron chi connectivity index (χ4n) is 8.28. The Balaban J connectivity index is 1.35. The van der Waals surface area contributed by atoms with Gasteiger partial charge in [0.05, 0.1) is 25.9 Å². The lowest BCUT2D eigenvalue weighted by Gasteiger charge is -2.28. The van der Waals surface area contributed by atoms with Crippen LogP contribution >= 0.6 is 0 Å². The summed E-state index contributed by atoms with van der Waals surface area (Å²) in [4.78, 5) is 142. The van der Waals surface area contributed by atoms with Gasteiger partial charge in [-0.2, -0.15) is 0 Å². The van der Waals surface area contributed by atoms with Gasteiger partial charge >= 0.3 is 18.0 Å². The van der Waals surface area contributed by atoms with Crippen LogP contribution in [0, 0.1) is 17.8 Å². The average molecular weight is 1090 g/mol. The van der Waals surface area contributed by atoms with Crippen molar-refractivity contribution in [3.63, 3.8) is 0 Å². The maximum atomic E-state index is 14.0. The second-order valence-corrected chi connectivity index (χ2v) is 19.8. The van der Waals surface area contributed by atoms with Gasteiger partial charge in [0.2, 0.25) is 47.3 Å². The van der Waals surface area contributed by atoms with Crippen molar-refractivity contribution >= 4 is 65.3 Å². The summed E-state index contributed by atoms with van der Waals surface area (Å²) < 4.78 is 10.9. The Labute approximate surface area is 452 Å². The monoisotopic (exact) mass is 1080 g/mol. The van der Waals surface area contributed by atoms with E-state index >= 15 is 0 Å². The van der Waals surface area contributed by atoms with Crippen molar-refractivity contribution in [3.8, 4) is 11.1 Å². The normalized spacial score (nSPS) is 13.9. The Kier molecular flexibility index (Phi) is 24.2. The predicted octanol–water partition coefficient (Wildman–Crippen LogP) is 0.00290. The molecule has 3 aromatic carbocycles. The van der Waals surface area contributed by atoms with Crippen molar-refractivity contribution in [1.29, 1.82) is 0 Å². The number of fused-ring (bicyclic) bond motifs is 3. The number of aliphatic carboxylic acids is 1. The fourth-order valence-corrected chi connectivity index (χ4v) is 8.28. The Morgan fingerprint density at radius 3 is 1.71 bits per heavy atom. The number of alkyl carbamates (subject to hydrolysis) is 1. The standard InChI is InChI=1S/C54H72N10O14/c1-29(2)22-41(53(74)75)62-50(71)40(24-45(68)77-21-20-43(66)57-25-38(55)48(69)60-39(23-32-14-8-7-9-15-32)49(70)59-27-44(67)58-26-42(56)65)61-51(72)46(30(3)4)63-52(73)47(31(5)6)64-54(76)78-28-37-35-18-12-10-16-33(35)34-17-11-13-19-36(34)37/h7-19,29-31,37-41,46-47H,20-28,55H2,1-6H3,(H2,56,65)(H,57,66)(H,58,67)(H,59,70)(H,60,69)(H,61,72)(H,62,71)(H,63,73)(H,64,76)(H,74,75)/t38-,39-,40-,41-,46-,47-/m0/s1. The molecule has 0 bridgehead atoms. The van der Waals surface area contributed by atoms with Crippen molar-refractivity contribution in [2.75, 3.05) is 32.8 Å². The molecule has 78 heavy (non-hydrogen) atoms. The Bertz CT molecular complexity index is 2580. The molecule has 0 saturated carbocycles. The number of hydrogen-bond acceptors (Lipinski definition) is 14. The van der Waals surface area contributed by atoms with E-state index in [0.717, 1.165) is 22.3 Å². The number of carbonyl (C=O) groups excluding carboxylic acids is 10. The van der Waals surface area contributed by atoms with Gasteiger partial charge in [-0.25, -0.2) is 9.59 Å². The molecule has 0 heterocycles. The number of nitrogens with one attached hydrogen (secondary N) is 8. The van der Waals surface area contributed by atoms with E-state index in [1.54, 1.807) is 71.9 Å². The Hall–Kier alpha value is -8.41. The molecule has 0 aromatic heterocycles. The van der Waals surface area contributed by atoms with Crippen LogP contribution in [0.4, 0.5) is 4.79 Å². The van der Waals surface area contributed by atoms with E-state index in [1.807, 2.05) is 48.5 Å². The molecule has 0 radical (unpaired) electrons. The van der Waals surface area contributed by atoms with E-state index in [2.05, 4.69) is 42.5 Å². The van der Waals surface area contributed by atoms with Crippen molar-refractivity contribution in [2.45, 2.75) is 109 Å². The molecule has 13 N–H and O–H groups in total. The van der Waals surface area contributed by atoms with Crippen molar-refractivity contribution in [3.05, 3.63) is 95.6 Å². The number of ether oxygens (including phenoxy) is 2. The van der Waals surface area contributed by atoms with Gasteiger partial charge in [0.1, 0.15) is 49.5 Å². The third-order valence-corrected chi connectivity index (χ3v) is 12.4. The summed E-state index contributed by atoms with van der Waals surface area (Å²) in [5.41, 5.74) is 15.8. The van der Waals surface area contributed by atoms with Gasteiger partial charge in [0, 0.05) is 18.9 Å². The number of rotatable bonds is 30. The molecule has 0 saturated heterocycles. The molecular weight excluding hydrogens is 1010 g/mol. The number of carboxylic acids is 1. The zero-order valence-corrected chi connectivity index (χ0v) is 44.6. The van der Waals surface area contributed by atoms with Crippen LogP contribution in [0.25, 0.3) is 11.1 Å². The summed E-state index contributed by atoms with van der Waals surface area (Å²) in [5, 5.41) is 29.4. The first-order valence-electron chi connectivity index (χ1n) is 25.6. The van der Waals surface area contributed by atoms with Gasteiger partial charge in [-0.05, 0) is 52.0 Å². The number of nitrogens with two attached hydrogens (primary N) is 2. The van der Waals surface area contributed by atoms with E-state index in [-0.39, 0.29) is 31.3 Å². The highest BCUT2D eigenvalue weighted by Gasteiger charge is 2.36. The highest BCUT2D eigenvalue weighted by Crippen LogP contribution is 2.44. The van der Waals surface area contributed by atoms with Crippen LogP contribution in [0.1, 0.15) is 83.4 Å². The summed E-state index contributed by atoms with van der Waals surface area (Å²) in [6.45, 7) is 8.05. The van der Waals surface area contributed by atoms with Crippen LogP contribution in [-0.2, 0) is 63.8 Å². The summed E-state index contributed by atoms with van der Waals surface area (Å²) in [5.74, 6) is -10.6. The Morgan fingerprint density at radius 1 is 0.577 bits per heavy atom. The first kappa shape index (κ1) is 62.1. The molecule has 1 aliphatic carbocycles. The van der Waals surface area contributed by atoms with E-state index in [0.29, 0.717) is 5.56 Å². The first-order valence-corrected chi connectivity index (χ1v) is 25.6. The maximum absolute atomic E-state index is 14.0. The lowest BCUT2D eigenvalue weighted by molar-refractivity contribution is -0.147. The average Bonchev–Trinajstić information content (AvgIpc) is 3.80. The molecule has 0 fully saturated rings. The summed E-state index contributed by atoms with van der Waals surface area (Å²) in [6, 6.07) is 15.9. The van der Waals surface area contributed by atoms with Gasteiger partial charge in [-0.15, -0.1) is 0 Å². The maximum Gasteiger partial charge on any atom is 0.407 e. The molecule has 9 amide bonds. The van der Waals surface area contributed by atoms with E-state index in [4.69, 9.17) is 20.9 Å². The molecule has 24 nitrogen and oxygen atoms in total. The second kappa shape index (κ2) is 30.4. The third kappa shape index (κ3) is 19.6. The van der Waals surface area contributed by atoms with Crippen LogP contribution < -0.4 is 54.0 Å². The number of amides is 9. The molecule has 1 aliphatic rings. The second-order valence-electron chi connectivity index (χ2n) is 19.8. The minimum Gasteiger partial charge on any atom is -0.480 e. The SMILES string of the molecule is CC(C)C[C@H](NC(=O)[C@H](CC(=O)OCCC(=O)NC[C@H](N)C(=O)N[C@@H](Cc1ccccc1)C(=O)NCC(=O)NCC(N)=O)NC(=O)[C@@H](NC(=O)[C@@H](NC(=O)OCC1c2ccccc2-c2ccccc21)C(C)C)C(C)C)C(=O)O. The van der Waals surface area contributed by atoms with Crippen LogP contribution in [0.2, 0.25) is 0 Å². The number of carbonyl (C=O) groups is 11. The largest absolute Gasteiger partial charge is 0.480 e. The number of carboxylic acid groups (broad SMARTS) is 1. The first-order chi connectivity index (χ1) is 36.9. The van der Waals surface area contributed by atoms with Gasteiger partial charge in [-0.1, -0.05) is 120 Å². The number of primary amides is 1. The van der Waals surface area contributed by atoms with Gasteiger partial charge in [0.25, 0.3) is 0 Å². The summed E-state index contributed by atoms with van der Waals surface area (Å²) >= 11 is 0. The van der Waals surface area contributed by atoms with E-state index < -0.39 is 152 Å². The van der Waals surface area contributed by atoms with Crippen LogP contribution in [0.3, 0.4) is 0 Å². The zero-order chi connectivity index (χ0) is 57.6. The molecule has 0 unspecified atom stereocenters. The van der Waals surface area contributed by atoms with E-state index in [1.165, 1.54) is 0 Å². The highest BCUT2D eigenvalue weighted by molar-refractivity contribution is 5.97. The van der Waals surface area contributed by atoms with Crippen LogP contribution in [0.5, 0.6) is 0 Å². The minimum absolute atomic E-state index is 0.00492. The van der Waals surface area contributed by atoms with E-state index in [9.17, 15) is 57.8 Å². The van der Waals surface area contributed by atoms with Gasteiger partial charge in [0.15, 0.2) is 0 Å². The molecule has 6 atom stereocenters. The lowest BCUT2D eigenvalue weighted by atomic mass is 9.98. The van der Waals surface area contributed by atoms with Crippen molar-refractivity contribution in [2.24, 2.45) is 29.2 Å². The van der Waals surface area contributed by atoms with Crippen molar-refractivity contribution < 1.29 is 67.3 Å². The van der Waals surface area contributed by atoms with Crippen molar-refractivity contribution in [1.82, 2.24) is 42.5 Å². The summed E-state index contributed by atoms with van der Waals surface area (Å²) in [7, 11) is 0. The fraction of sp³-hybridized carbons (Fsp3) is 0.463. The third-order valence-electron chi connectivity index (χ3n) is 12.4. The Morgan fingerprint density at radius 2 is 1.13 bits per heavy atom. The molecule has 0 aliphatic heterocycles. The smallest absolute Gasteiger partial charge is 0.407 e. The number of hydrogen-bond donors (Lipinski definition) is 11. The molecule has 422 valence electrons. The minimum atomic E-state index is -1.74. The molecule has 4 rings (SSSR count). The molecule has 0 spiro atoms. The highest BCUT2D eigenvalue weighted by atomic mass is 16.5. The van der Waals surface area contributed by atoms with Gasteiger partial charge < -0.3 is 68.6 Å². The topological polar surface area (TPSA) is 375 Å². The number of benzene rings is 3. The molecule has 24 heteroatoms. The molecule has 3 aromatic rings. The summed E-state index contributed by atoms with van der Waals surface area (Å²) in [6.07, 6.45) is -2.18. The van der Waals surface area contributed by atoms with Crippen LogP contribution in [0.15, 0.2) is 78.9 Å². The van der Waals surface area contributed by atoms with Gasteiger partial charge in [-0.3, -0.25) is 43.2 Å². The predicted molar refractivity (Wildman–Crippen MR) is 283 cm³/mol. The zero-order valence-electron chi connectivity index (χ0n) is 44.6. The number of esters is 1. The molecular formula is C54H72N10O14. The lowest BCUT2D eigenvalue weighted by Crippen LogP contribution is -2.60.